The van der Waals surface area contributed by atoms with E-state index in [1.807, 2.05) is 0 Å². The van der Waals surface area contributed by atoms with Crippen LogP contribution in [0, 0.1) is 6.92 Å². The first-order chi connectivity index (χ1) is 9.25. The molecule has 100 valence electrons. The van der Waals surface area contributed by atoms with Crippen molar-refractivity contribution in [3.8, 4) is 0 Å². The third-order valence-electron chi connectivity index (χ3n) is 3.86. The fraction of sp³-hybridized carbons (Fsp3) is 0.375. The van der Waals surface area contributed by atoms with Crippen LogP contribution in [-0.4, -0.2) is 6.61 Å². The molecule has 2 nitrogen and oxygen atoms in total. The van der Waals surface area contributed by atoms with Crippen molar-refractivity contribution in [3.63, 3.8) is 0 Å². The highest BCUT2D eigenvalue weighted by atomic mass is 32.1. The molecule has 1 aromatic heterocycles. The SMILES string of the molecule is Cc1cscc1C(N)CC1OCCc2ccccc21. The van der Waals surface area contributed by atoms with E-state index in [2.05, 4.69) is 41.9 Å². The van der Waals surface area contributed by atoms with Gasteiger partial charge in [-0.2, -0.15) is 11.3 Å². The lowest BCUT2D eigenvalue weighted by molar-refractivity contribution is 0.0320. The summed E-state index contributed by atoms with van der Waals surface area (Å²) in [7, 11) is 0. The van der Waals surface area contributed by atoms with Gasteiger partial charge < -0.3 is 10.5 Å². The third kappa shape index (κ3) is 2.59. The molecule has 0 amide bonds. The van der Waals surface area contributed by atoms with Crippen molar-refractivity contribution in [3.05, 3.63) is 57.3 Å². The van der Waals surface area contributed by atoms with Crippen molar-refractivity contribution < 1.29 is 4.74 Å². The van der Waals surface area contributed by atoms with E-state index < -0.39 is 0 Å². The number of ether oxygens (including phenoxy) is 1. The first kappa shape index (κ1) is 12.9. The molecule has 2 N–H and O–H groups in total. The molecule has 3 heteroatoms. The highest BCUT2D eigenvalue weighted by Gasteiger charge is 2.23. The van der Waals surface area contributed by atoms with E-state index in [1.165, 1.54) is 22.3 Å². The minimum Gasteiger partial charge on any atom is -0.373 e. The van der Waals surface area contributed by atoms with Gasteiger partial charge in [0.1, 0.15) is 0 Å². The zero-order valence-electron chi connectivity index (χ0n) is 11.1. The second-order valence-electron chi connectivity index (χ2n) is 5.16. The van der Waals surface area contributed by atoms with Gasteiger partial charge in [0.25, 0.3) is 0 Å². The standard InChI is InChI=1S/C16H19NOS/c1-11-9-19-10-14(11)15(17)8-16-13-5-3-2-4-12(13)6-7-18-16/h2-5,9-10,15-16H,6-8,17H2,1H3. The first-order valence-corrected chi connectivity index (χ1v) is 7.67. The van der Waals surface area contributed by atoms with Crippen LogP contribution in [0.2, 0.25) is 0 Å². The van der Waals surface area contributed by atoms with E-state index in [1.54, 1.807) is 11.3 Å². The summed E-state index contributed by atoms with van der Waals surface area (Å²) in [5, 5.41) is 4.32. The predicted molar refractivity (Wildman–Crippen MR) is 79.4 cm³/mol. The second-order valence-corrected chi connectivity index (χ2v) is 5.90. The number of hydrogen-bond acceptors (Lipinski definition) is 3. The van der Waals surface area contributed by atoms with Crippen LogP contribution in [0.1, 0.15) is 40.8 Å². The summed E-state index contributed by atoms with van der Waals surface area (Å²) >= 11 is 1.72. The molecular formula is C16H19NOS. The Morgan fingerprint density at radius 3 is 3.00 bits per heavy atom. The zero-order valence-corrected chi connectivity index (χ0v) is 12.0. The average molecular weight is 273 g/mol. The number of hydrogen-bond donors (Lipinski definition) is 1. The number of benzene rings is 1. The van der Waals surface area contributed by atoms with Crippen molar-refractivity contribution in [2.75, 3.05) is 6.61 Å². The van der Waals surface area contributed by atoms with Crippen molar-refractivity contribution in [1.29, 1.82) is 0 Å². The van der Waals surface area contributed by atoms with E-state index in [-0.39, 0.29) is 12.1 Å². The lowest BCUT2D eigenvalue weighted by atomic mass is 9.91. The summed E-state index contributed by atoms with van der Waals surface area (Å²) in [6.07, 6.45) is 2.01. The van der Waals surface area contributed by atoms with Gasteiger partial charge in [0.05, 0.1) is 12.7 Å². The van der Waals surface area contributed by atoms with Crippen LogP contribution in [0.15, 0.2) is 35.0 Å². The van der Waals surface area contributed by atoms with E-state index in [9.17, 15) is 0 Å². The first-order valence-electron chi connectivity index (χ1n) is 6.73. The van der Waals surface area contributed by atoms with Crippen LogP contribution in [0.3, 0.4) is 0 Å². The van der Waals surface area contributed by atoms with Gasteiger partial charge in [-0.05, 0) is 52.8 Å². The normalized spacial score (nSPS) is 20.0. The molecule has 2 aromatic rings. The van der Waals surface area contributed by atoms with Crippen LogP contribution in [-0.2, 0) is 11.2 Å². The van der Waals surface area contributed by atoms with Crippen LogP contribution in [0.25, 0.3) is 0 Å². The van der Waals surface area contributed by atoms with E-state index in [0.717, 1.165) is 19.4 Å². The summed E-state index contributed by atoms with van der Waals surface area (Å²) in [5.41, 5.74) is 11.6. The number of fused-ring (bicyclic) bond motifs is 1. The highest BCUT2D eigenvalue weighted by Crippen LogP contribution is 2.34. The molecule has 1 aromatic carbocycles. The molecule has 19 heavy (non-hydrogen) atoms. The van der Waals surface area contributed by atoms with Crippen LogP contribution in [0.5, 0.6) is 0 Å². The summed E-state index contributed by atoms with van der Waals surface area (Å²) in [5.74, 6) is 0. The highest BCUT2D eigenvalue weighted by molar-refractivity contribution is 7.08. The number of thiophene rings is 1. The second kappa shape index (κ2) is 5.45. The van der Waals surface area contributed by atoms with Gasteiger partial charge in [0.15, 0.2) is 0 Å². The van der Waals surface area contributed by atoms with Crippen molar-refractivity contribution in [2.45, 2.75) is 31.9 Å². The molecule has 1 aliphatic rings. The maximum absolute atomic E-state index is 6.35. The monoisotopic (exact) mass is 273 g/mol. The molecule has 0 aliphatic carbocycles. The minimum absolute atomic E-state index is 0.0578. The van der Waals surface area contributed by atoms with Crippen molar-refractivity contribution in [1.82, 2.24) is 0 Å². The minimum atomic E-state index is 0.0578. The number of rotatable bonds is 3. The molecule has 2 heterocycles. The van der Waals surface area contributed by atoms with Crippen molar-refractivity contribution in [2.24, 2.45) is 5.73 Å². The van der Waals surface area contributed by atoms with E-state index in [4.69, 9.17) is 10.5 Å². The van der Waals surface area contributed by atoms with Gasteiger partial charge in [-0.15, -0.1) is 0 Å². The fourth-order valence-electron chi connectivity index (χ4n) is 2.78. The predicted octanol–water partition coefficient (Wildman–Crippen LogP) is 3.76. The fourth-order valence-corrected chi connectivity index (χ4v) is 3.70. The Morgan fingerprint density at radius 1 is 1.37 bits per heavy atom. The largest absolute Gasteiger partial charge is 0.373 e. The van der Waals surface area contributed by atoms with Crippen molar-refractivity contribution >= 4 is 11.3 Å². The lowest BCUT2D eigenvalue weighted by Crippen LogP contribution is -2.21. The Bertz CT molecular complexity index is 563. The molecule has 2 unspecified atom stereocenters. The van der Waals surface area contributed by atoms with Gasteiger partial charge in [-0.25, -0.2) is 0 Å². The van der Waals surface area contributed by atoms with Crippen LogP contribution < -0.4 is 5.73 Å². The summed E-state index contributed by atoms with van der Waals surface area (Å²) < 4.78 is 5.94. The number of nitrogens with two attached hydrogens (primary N) is 1. The summed E-state index contributed by atoms with van der Waals surface area (Å²) in [6.45, 7) is 2.93. The Morgan fingerprint density at radius 2 is 2.21 bits per heavy atom. The molecule has 1 aliphatic heterocycles. The Kier molecular flexibility index (Phi) is 3.69. The van der Waals surface area contributed by atoms with Crippen LogP contribution >= 0.6 is 11.3 Å². The molecule has 3 rings (SSSR count). The van der Waals surface area contributed by atoms with Gasteiger partial charge in [-0.1, -0.05) is 24.3 Å². The zero-order chi connectivity index (χ0) is 13.2. The van der Waals surface area contributed by atoms with Gasteiger partial charge in [0, 0.05) is 6.04 Å². The Balaban J connectivity index is 1.80. The third-order valence-corrected chi connectivity index (χ3v) is 4.73. The lowest BCUT2D eigenvalue weighted by Gasteiger charge is -2.28. The maximum Gasteiger partial charge on any atom is 0.0845 e. The van der Waals surface area contributed by atoms with E-state index >= 15 is 0 Å². The number of aryl methyl sites for hydroxylation is 1. The molecular weight excluding hydrogens is 254 g/mol. The topological polar surface area (TPSA) is 35.2 Å². The molecule has 0 fully saturated rings. The molecule has 0 bridgehead atoms. The Labute approximate surface area is 118 Å². The molecule has 0 saturated carbocycles. The van der Waals surface area contributed by atoms with Gasteiger partial charge in [-0.3, -0.25) is 0 Å². The molecule has 0 spiro atoms. The molecule has 2 atom stereocenters. The smallest absolute Gasteiger partial charge is 0.0845 e. The molecule has 0 radical (unpaired) electrons. The Hall–Kier alpha value is -1.16. The van der Waals surface area contributed by atoms with E-state index in [0.29, 0.717) is 0 Å². The summed E-state index contributed by atoms with van der Waals surface area (Å²) in [4.78, 5) is 0. The molecule has 0 saturated heterocycles. The van der Waals surface area contributed by atoms with Gasteiger partial charge >= 0.3 is 0 Å². The van der Waals surface area contributed by atoms with Gasteiger partial charge in [0.2, 0.25) is 0 Å². The quantitative estimate of drug-likeness (QED) is 0.924. The average Bonchev–Trinajstić information content (AvgIpc) is 2.85. The maximum atomic E-state index is 6.35. The summed E-state index contributed by atoms with van der Waals surface area (Å²) in [6, 6.07) is 8.62. The van der Waals surface area contributed by atoms with Crippen LogP contribution in [0.4, 0.5) is 0 Å².